The maximum Gasteiger partial charge on any atom is 0.237 e. The standard InChI is InChI=1S/C18H19N3O2/c1-11-6-5-7-15(8-11)20-16-9-14(10-19-18(16)22-4)17-12(2)21-23-13(17)3/h5-10,20H,1-4H3. The number of nitrogens with zero attached hydrogens (tertiary/aromatic N) is 2. The average Bonchev–Trinajstić information content (AvgIpc) is 2.86. The maximum atomic E-state index is 5.37. The van der Waals surface area contributed by atoms with Crippen molar-refractivity contribution in [1.29, 1.82) is 0 Å². The maximum absolute atomic E-state index is 5.37. The molecule has 0 atom stereocenters. The molecule has 3 aromatic rings. The SMILES string of the molecule is COc1ncc(-c2c(C)noc2C)cc1Nc1cccc(C)c1. The number of anilines is 2. The summed E-state index contributed by atoms with van der Waals surface area (Å²) in [5, 5.41) is 7.37. The van der Waals surface area contributed by atoms with Gasteiger partial charge in [-0.25, -0.2) is 4.98 Å². The van der Waals surface area contributed by atoms with Crippen molar-refractivity contribution in [2.75, 3.05) is 12.4 Å². The lowest BCUT2D eigenvalue weighted by Gasteiger charge is -2.12. The highest BCUT2D eigenvalue weighted by Crippen LogP contribution is 2.33. The second-order valence-electron chi connectivity index (χ2n) is 5.47. The lowest BCUT2D eigenvalue weighted by atomic mass is 10.1. The van der Waals surface area contributed by atoms with Crippen LogP contribution in [0.2, 0.25) is 0 Å². The molecule has 23 heavy (non-hydrogen) atoms. The Morgan fingerprint density at radius 2 is 1.96 bits per heavy atom. The van der Waals surface area contributed by atoms with Gasteiger partial charge in [0.15, 0.2) is 0 Å². The van der Waals surface area contributed by atoms with Crippen molar-refractivity contribution in [3.63, 3.8) is 0 Å². The Balaban J connectivity index is 2.03. The number of aryl methyl sites for hydroxylation is 3. The third-order valence-electron chi connectivity index (χ3n) is 3.66. The van der Waals surface area contributed by atoms with E-state index in [1.165, 1.54) is 5.56 Å². The van der Waals surface area contributed by atoms with Crippen molar-refractivity contribution < 1.29 is 9.26 Å². The van der Waals surface area contributed by atoms with Gasteiger partial charge < -0.3 is 14.6 Å². The Morgan fingerprint density at radius 1 is 1.13 bits per heavy atom. The summed E-state index contributed by atoms with van der Waals surface area (Å²) in [7, 11) is 1.61. The summed E-state index contributed by atoms with van der Waals surface area (Å²) in [5.41, 5.74) is 5.72. The van der Waals surface area contributed by atoms with Crippen LogP contribution in [0.5, 0.6) is 5.88 Å². The predicted molar refractivity (Wildman–Crippen MR) is 90.2 cm³/mol. The zero-order chi connectivity index (χ0) is 16.4. The molecule has 5 nitrogen and oxygen atoms in total. The van der Waals surface area contributed by atoms with E-state index in [1.54, 1.807) is 13.3 Å². The summed E-state index contributed by atoms with van der Waals surface area (Å²) < 4.78 is 10.6. The highest BCUT2D eigenvalue weighted by molar-refractivity contribution is 5.75. The van der Waals surface area contributed by atoms with Gasteiger partial charge in [-0.2, -0.15) is 0 Å². The number of methoxy groups -OCH3 is 1. The zero-order valence-electron chi connectivity index (χ0n) is 13.7. The first kappa shape index (κ1) is 15.1. The molecule has 0 aliphatic carbocycles. The monoisotopic (exact) mass is 309 g/mol. The van der Waals surface area contributed by atoms with Gasteiger partial charge in [-0.05, 0) is 44.5 Å². The first-order valence-electron chi connectivity index (χ1n) is 7.39. The molecule has 0 saturated carbocycles. The van der Waals surface area contributed by atoms with Gasteiger partial charge in [0.2, 0.25) is 5.88 Å². The van der Waals surface area contributed by atoms with E-state index in [-0.39, 0.29) is 0 Å². The molecular formula is C18H19N3O2. The lowest BCUT2D eigenvalue weighted by Crippen LogP contribution is -1.98. The fourth-order valence-electron chi connectivity index (χ4n) is 2.61. The van der Waals surface area contributed by atoms with Gasteiger partial charge >= 0.3 is 0 Å². The van der Waals surface area contributed by atoms with E-state index in [0.717, 1.165) is 34.0 Å². The fourth-order valence-corrected chi connectivity index (χ4v) is 2.61. The molecule has 0 fully saturated rings. The number of hydrogen-bond donors (Lipinski definition) is 1. The molecular weight excluding hydrogens is 290 g/mol. The molecule has 3 rings (SSSR count). The Kier molecular flexibility index (Phi) is 4.02. The van der Waals surface area contributed by atoms with Gasteiger partial charge in [0.05, 0.1) is 12.8 Å². The predicted octanol–water partition coefficient (Wildman–Crippen LogP) is 4.41. The van der Waals surface area contributed by atoms with E-state index >= 15 is 0 Å². The van der Waals surface area contributed by atoms with Crippen molar-refractivity contribution in [2.45, 2.75) is 20.8 Å². The number of pyridine rings is 1. The van der Waals surface area contributed by atoms with Crippen LogP contribution in [0.4, 0.5) is 11.4 Å². The quantitative estimate of drug-likeness (QED) is 0.773. The summed E-state index contributed by atoms with van der Waals surface area (Å²) in [6.07, 6.45) is 1.77. The van der Waals surface area contributed by atoms with Gasteiger partial charge in [0, 0.05) is 23.0 Å². The number of nitrogens with one attached hydrogen (secondary N) is 1. The van der Waals surface area contributed by atoms with Crippen molar-refractivity contribution in [2.24, 2.45) is 0 Å². The smallest absolute Gasteiger partial charge is 0.237 e. The van der Waals surface area contributed by atoms with Crippen molar-refractivity contribution in [1.82, 2.24) is 10.1 Å². The van der Waals surface area contributed by atoms with E-state index in [4.69, 9.17) is 9.26 Å². The number of hydrogen-bond acceptors (Lipinski definition) is 5. The van der Waals surface area contributed by atoms with Gasteiger partial charge in [0.25, 0.3) is 0 Å². The molecule has 5 heteroatoms. The zero-order valence-corrected chi connectivity index (χ0v) is 13.7. The van der Waals surface area contributed by atoms with Crippen LogP contribution in [0.15, 0.2) is 41.1 Å². The third-order valence-corrected chi connectivity index (χ3v) is 3.66. The Morgan fingerprint density at radius 3 is 2.61 bits per heavy atom. The minimum Gasteiger partial charge on any atom is -0.480 e. The molecule has 0 aliphatic rings. The third kappa shape index (κ3) is 3.04. The number of ether oxygens (including phenoxy) is 1. The van der Waals surface area contributed by atoms with Crippen LogP contribution < -0.4 is 10.1 Å². The summed E-state index contributed by atoms with van der Waals surface area (Å²) in [6, 6.07) is 10.1. The van der Waals surface area contributed by atoms with Crippen LogP contribution in [0.25, 0.3) is 11.1 Å². The largest absolute Gasteiger partial charge is 0.480 e. The summed E-state index contributed by atoms with van der Waals surface area (Å²) in [5.74, 6) is 1.32. The Bertz CT molecular complexity index is 821. The van der Waals surface area contributed by atoms with E-state index in [9.17, 15) is 0 Å². The molecule has 0 spiro atoms. The van der Waals surface area contributed by atoms with Gasteiger partial charge in [0.1, 0.15) is 11.4 Å². The van der Waals surface area contributed by atoms with Crippen LogP contribution in [-0.4, -0.2) is 17.3 Å². The number of aromatic nitrogens is 2. The van der Waals surface area contributed by atoms with E-state index in [1.807, 2.05) is 32.0 Å². The van der Waals surface area contributed by atoms with Crippen LogP contribution in [-0.2, 0) is 0 Å². The molecule has 0 radical (unpaired) electrons. The lowest BCUT2D eigenvalue weighted by molar-refractivity contribution is 0.393. The van der Waals surface area contributed by atoms with Crippen molar-refractivity contribution in [3.05, 3.63) is 53.5 Å². The van der Waals surface area contributed by atoms with E-state index < -0.39 is 0 Å². The topological polar surface area (TPSA) is 60.2 Å². The highest BCUT2D eigenvalue weighted by Gasteiger charge is 2.15. The normalized spacial score (nSPS) is 10.6. The Labute approximate surface area is 135 Å². The molecule has 118 valence electrons. The molecule has 0 unspecified atom stereocenters. The van der Waals surface area contributed by atoms with Crippen LogP contribution in [0, 0.1) is 20.8 Å². The molecule has 0 aliphatic heterocycles. The van der Waals surface area contributed by atoms with Crippen molar-refractivity contribution >= 4 is 11.4 Å². The summed E-state index contributed by atoms with van der Waals surface area (Å²) in [6.45, 7) is 5.87. The minimum absolute atomic E-state index is 0.544. The second kappa shape index (κ2) is 6.12. The average molecular weight is 309 g/mol. The van der Waals surface area contributed by atoms with Gasteiger partial charge in [-0.1, -0.05) is 17.3 Å². The van der Waals surface area contributed by atoms with Crippen molar-refractivity contribution in [3.8, 4) is 17.0 Å². The van der Waals surface area contributed by atoms with E-state index in [0.29, 0.717) is 5.88 Å². The molecule has 1 N–H and O–H groups in total. The number of rotatable bonds is 4. The van der Waals surface area contributed by atoms with Crippen LogP contribution in [0.3, 0.4) is 0 Å². The molecule has 1 aromatic carbocycles. The molecule has 0 saturated heterocycles. The molecule has 2 aromatic heterocycles. The van der Waals surface area contributed by atoms with Crippen LogP contribution >= 0.6 is 0 Å². The first-order chi connectivity index (χ1) is 11.1. The van der Waals surface area contributed by atoms with Gasteiger partial charge in [-0.3, -0.25) is 0 Å². The van der Waals surface area contributed by atoms with Gasteiger partial charge in [-0.15, -0.1) is 0 Å². The fraction of sp³-hybridized carbons (Fsp3) is 0.222. The van der Waals surface area contributed by atoms with E-state index in [2.05, 4.69) is 34.5 Å². The minimum atomic E-state index is 0.544. The number of benzene rings is 1. The second-order valence-corrected chi connectivity index (χ2v) is 5.47. The Hall–Kier alpha value is -2.82. The molecule has 0 amide bonds. The molecule has 0 bridgehead atoms. The molecule has 2 heterocycles. The van der Waals surface area contributed by atoms with Crippen LogP contribution in [0.1, 0.15) is 17.0 Å². The summed E-state index contributed by atoms with van der Waals surface area (Å²) >= 11 is 0. The highest BCUT2D eigenvalue weighted by atomic mass is 16.5. The first-order valence-corrected chi connectivity index (χ1v) is 7.39. The summed E-state index contributed by atoms with van der Waals surface area (Å²) in [4.78, 5) is 4.40.